The number of Topliss-reactive ketones (excluding diaryl/α,β-unsaturated/α-hetero) is 2. The van der Waals surface area contributed by atoms with Crippen LogP contribution in [0.3, 0.4) is 0 Å². The first-order valence-corrected chi connectivity index (χ1v) is 13.3. The van der Waals surface area contributed by atoms with Crippen LogP contribution in [0.5, 0.6) is 5.75 Å². The zero-order valence-electron chi connectivity index (χ0n) is 22.8. The first kappa shape index (κ1) is 29.1. The third-order valence-electron chi connectivity index (χ3n) is 9.19. The lowest BCUT2D eigenvalue weighted by atomic mass is 9.54. The Morgan fingerprint density at radius 3 is 2.32 bits per heavy atom. The smallest absolute Gasteiger partial charge is 0.255 e. The maximum Gasteiger partial charge on any atom is 0.255 e. The number of piperidine rings is 1. The molecule has 6 atom stereocenters. The number of carbonyl (C=O) groups excluding carboxylic acids is 3. The van der Waals surface area contributed by atoms with Crippen molar-refractivity contribution in [3.05, 3.63) is 45.7 Å². The standard InChI is InChI=1S/C28H33F2N3O8/c1-11-13-5-4-12(10-33-8-6-27(29,30)7-9-33)20(34)15(13)21(35)16-14(11)22(36)18-19(32(2)3)23(37)17(26(31)40)25(39)28(18,41)24(16)38/h4-5,11,14,18-19,22,34-36,39,41H,6-10H2,1-3H3,(H2,31,40)/t11-,14+,18+,19-,22?,28-/m0/s1. The van der Waals surface area contributed by atoms with Gasteiger partial charge in [-0.15, -0.1) is 0 Å². The van der Waals surface area contributed by atoms with Crippen LogP contribution in [0.1, 0.15) is 42.4 Å². The van der Waals surface area contributed by atoms with Crippen LogP contribution in [0.15, 0.2) is 29.0 Å². The van der Waals surface area contributed by atoms with Gasteiger partial charge in [0.15, 0.2) is 11.4 Å². The van der Waals surface area contributed by atoms with E-state index in [9.17, 15) is 48.7 Å². The second kappa shape index (κ2) is 9.58. The normalized spacial score (nSPS) is 33.5. The number of ketones is 2. The number of likely N-dealkylation sites (tertiary alicyclic amines) is 1. The average molecular weight is 578 g/mol. The van der Waals surface area contributed by atoms with E-state index in [1.807, 2.05) is 0 Å². The molecule has 222 valence electrons. The van der Waals surface area contributed by atoms with Gasteiger partial charge in [-0.2, -0.15) is 0 Å². The predicted octanol–water partition coefficient (Wildman–Crippen LogP) is 0.727. The van der Waals surface area contributed by atoms with Crippen molar-refractivity contribution in [1.29, 1.82) is 0 Å². The zero-order valence-corrected chi connectivity index (χ0v) is 22.8. The van der Waals surface area contributed by atoms with Crippen LogP contribution < -0.4 is 5.73 Å². The number of aliphatic hydroxyl groups is 4. The van der Waals surface area contributed by atoms with Crippen LogP contribution in [0.2, 0.25) is 0 Å². The van der Waals surface area contributed by atoms with Gasteiger partial charge < -0.3 is 31.3 Å². The van der Waals surface area contributed by atoms with Gasteiger partial charge in [0.25, 0.3) is 11.8 Å². The monoisotopic (exact) mass is 577 g/mol. The lowest BCUT2D eigenvalue weighted by Crippen LogP contribution is -2.70. The second-order valence-corrected chi connectivity index (χ2v) is 11.7. The van der Waals surface area contributed by atoms with Gasteiger partial charge >= 0.3 is 0 Å². The Hall–Kier alpha value is -3.39. The van der Waals surface area contributed by atoms with Crippen molar-refractivity contribution in [2.24, 2.45) is 17.6 Å². The summed E-state index contributed by atoms with van der Waals surface area (Å²) in [6.45, 7) is 1.92. The van der Waals surface area contributed by atoms with Gasteiger partial charge in [0.2, 0.25) is 5.78 Å². The summed E-state index contributed by atoms with van der Waals surface area (Å²) in [4.78, 5) is 42.4. The van der Waals surface area contributed by atoms with Crippen LogP contribution in [-0.4, -0.2) is 104 Å². The van der Waals surface area contributed by atoms with Crippen molar-refractivity contribution in [1.82, 2.24) is 9.80 Å². The molecule has 1 aliphatic heterocycles. The molecule has 7 N–H and O–H groups in total. The molecule has 41 heavy (non-hydrogen) atoms. The van der Waals surface area contributed by atoms with Gasteiger partial charge in [-0.3, -0.25) is 24.2 Å². The molecule has 3 aliphatic carbocycles. The van der Waals surface area contributed by atoms with E-state index in [4.69, 9.17) is 5.73 Å². The van der Waals surface area contributed by atoms with Gasteiger partial charge in [0.1, 0.15) is 22.8 Å². The molecule has 0 spiro atoms. The molecule has 11 nitrogen and oxygen atoms in total. The minimum absolute atomic E-state index is 0.0910. The molecule has 2 fully saturated rings. The number of aliphatic hydroxyl groups excluding tert-OH is 3. The number of benzene rings is 1. The number of hydrogen-bond acceptors (Lipinski definition) is 10. The van der Waals surface area contributed by atoms with Crippen molar-refractivity contribution in [3.63, 3.8) is 0 Å². The minimum atomic E-state index is -2.99. The van der Waals surface area contributed by atoms with E-state index in [-0.39, 0.29) is 38.0 Å². The maximum absolute atomic E-state index is 14.0. The van der Waals surface area contributed by atoms with Crippen LogP contribution in [-0.2, 0) is 20.9 Å². The fourth-order valence-electron chi connectivity index (χ4n) is 7.07. The highest BCUT2D eigenvalue weighted by atomic mass is 19.3. The number of halogens is 2. The maximum atomic E-state index is 14.0. The molecule has 1 saturated heterocycles. The number of likely N-dealkylation sites (N-methyl/N-ethyl adjacent to an activating group) is 1. The molecule has 4 aliphatic rings. The van der Waals surface area contributed by atoms with E-state index in [0.29, 0.717) is 11.1 Å². The zero-order chi connectivity index (χ0) is 30.3. The van der Waals surface area contributed by atoms with Crippen LogP contribution in [0, 0.1) is 11.8 Å². The number of phenols is 1. The number of primary amides is 1. The summed E-state index contributed by atoms with van der Waals surface area (Å²) in [5, 5.41) is 57.0. The molecular weight excluding hydrogens is 544 g/mol. The Kier molecular flexibility index (Phi) is 6.80. The van der Waals surface area contributed by atoms with Crippen molar-refractivity contribution < 1.29 is 48.7 Å². The molecule has 1 amide bonds. The van der Waals surface area contributed by atoms with E-state index < -0.39 is 87.3 Å². The highest BCUT2D eigenvalue weighted by Crippen LogP contribution is 2.56. The average Bonchev–Trinajstić information content (AvgIpc) is 2.88. The van der Waals surface area contributed by atoms with E-state index >= 15 is 0 Å². The summed E-state index contributed by atoms with van der Waals surface area (Å²) in [5.41, 5.74) is 1.43. The van der Waals surface area contributed by atoms with Gasteiger partial charge in [-0.1, -0.05) is 19.1 Å². The lowest BCUT2D eigenvalue weighted by Gasteiger charge is -2.53. The number of nitrogens with two attached hydrogens (primary N) is 1. The van der Waals surface area contributed by atoms with Crippen molar-refractivity contribution in [3.8, 4) is 5.75 Å². The number of fused-ring (bicyclic) bond motifs is 3. The molecule has 1 heterocycles. The Morgan fingerprint density at radius 1 is 1.15 bits per heavy atom. The van der Waals surface area contributed by atoms with E-state index in [0.717, 1.165) is 0 Å². The van der Waals surface area contributed by atoms with E-state index in [1.54, 1.807) is 24.0 Å². The molecule has 5 rings (SSSR count). The van der Waals surface area contributed by atoms with E-state index in [2.05, 4.69) is 0 Å². The fourth-order valence-corrected chi connectivity index (χ4v) is 7.07. The highest BCUT2D eigenvalue weighted by Gasteiger charge is 2.68. The van der Waals surface area contributed by atoms with Gasteiger partial charge in [-0.05, 0) is 25.6 Å². The number of nitrogens with zero attached hydrogens (tertiary/aromatic N) is 2. The van der Waals surface area contributed by atoms with Crippen molar-refractivity contribution in [2.75, 3.05) is 27.2 Å². The molecule has 1 aromatic carbocycles. The van der Waals surface area contributed by atoms with E-state index in [1.165, 1.54) is 19.0 Å². The lowest BCUT2D eigenvalue weighted by molar-refractivity contribution is -0.169. The summed E-state index contributed by atoms with van der Waals surface area (Å²) >= 11 is 0. The molecule has 1 unspecified atom stereocenters. The van der Waals surface area contributed by atoms with Crippen LogP contribution in [0.4, 0.5) is 8.78 Å². The Morgan fingerprint density at radius 2 is 1.76 bits per heavy atom. The first-order valence-electron chi connectivity index (χ1n) is 13.3. The SMILES string of the molecule is C[C@H]1c2ccc(CN3CCC(F)(F)CC3)c(O)c2C(O)=C2C(=O)[C@]3(O)C(O)=C(C(N)=O)C(=O)[C@@H](N(C)C)[C@@H]3C(O)[C@@H]21. The molecule has 0 bridgehead atoms. The molecular formula is C28H33F2N3O8. The molecule has 0 radical (unpaired) electrons. The minimum Gasteiger partial charge on any atom is -0.508 e. The number of amides is 1. The quantitative estimate of drug-likeness (QED) is 0.279. The molecule has 1 aromatic rings. The Balaban J connectivity index is 1.65. The van der Waals surface area contributed by atoms with Crippen LogP contribution >= 0.6 is 0 Å². The van der Waals surface area contributed by atoms with Gasteiger partial charge in [0.05, 0.1) is 23.6 Å². The Bertz CT molecular complexity index is 1410. The van der Waals surface area contributed by atoms with Crippen molar-refractivity contribution >= 4 is 23.2 Å². The second-order valence-electron chi connectivity index (χ2n) is 11.7. The number of rotatable bonds is 4. The topological polar surface area (TPSA) is 185 Å². The van der Waals surface area contributed by atoms with Crippen molar-refractivity contribution in [2.45, 2.75) is 55.9 Å². The predicted molar refractivity (Wildman–Crippen MR) is 140 cm³/mol. The van der Waals surface area contributed by atoms with Crippen LogP contribution in [0.25, 0.3) is 5.76 Å². The summed E-state index contributed by atoms with van der Waals surface area (Å²) < 4.78 is 27.2. The number of hydrogen-bond donors (Lipinski definition) is 6. The molecule has 1 saturated carbocycles. The summed E-state index contributed by atoms with van der Waals surface area (Å²) in [6, 6.07) is 1.77. The Labute approximate surface area is 234 Å². The molecule has 0 aromatic heterocycles. The summed E-state index contributed by atoms with van der Waals surface area (Å²) in [5.74, 6) is -12.3. The third kappa shape index (κ3) is 4.09. The number of phenolic OH excluding ortho intramolecular Hbond substituents is 1. The number of alkyl halides is 2. The van der Waals surface area contributed by atoms with Gasteiger partial charge in [-0.25, -0.2) is 8.78 Å². The van der Waals surface area contributed by atoms with Gasteiger partial charge in [0, 0.05) is 49.5 Å². The largest absolute Gasteiger partial charge is 0.508 e. The molecule has 13 heteroatoms. The highest BCUT2D eigenvalue weighted by molar-refractivity contribution is 6.24. The first-order chi connectivity index (χ1) is 19.0. The third-order valence-corrected chi connectivity index (χ3v) is 9.19. The fraction of sp³-hybridized carbons (Fsp3) is 0.536. The summed E-state index contributed by atoms with van der Waals surface area (Å²) in [7, 11) is 2.87. The number of aromatic hydroxyl groups is 1. The summed E-state index contributed by atoms with van der Waals surface area (Å²) in [6.07, 6.45) is -2.35. The number of carbonyl (C=O) groups is 3.